The van der Waals surface area contributed by atoms with Crippen molar-refractivity contribution >= 4 is 39.6 Å². The van der Waals surface area contributed by atoms with Crippen LogP contribution in [-0.4, -0.2) is 23.2 Å². The number of aromatic nitrogens is 2. The molecule has 0 amide bonds. The first kappa shape index (κ1) is 37.9. The third kappa shape index (κ3) is 8.33. The molecule has 0 aliphatic rings. The number of rotatable bonds is 6. The van der Waals surface area contributed by atoms with Crippen LogP contribution >= 0.6 is 0 Å². The van der Waals surface area contributed by atoms with E-state index < -0.39 is 13.3 Å². The standard InChI is InChI=1S/C29H18NO.C21H22GeN.Ir/c1-3-8-20(9-4-1)22-14-15-24-25-12-7-13-26(29(25)31-28(24)19-22)27-18-23(16-17-30-27)21-10-5-2-6-11-21;1-16-13-21(23-15-20(16)22(2,3)4)19-12-8-11-18(14-19)17-9-6-5-7-10-17;/h1-12,14-19H;5-11,13-15H,1-4H3;/q2*-1;. The van der Waals surface area contributed by atoms with Gasteiger partial charge in [0.05, 0.1) is 5.58 Å². The molecule has 271 valence electrons. The van der Waals surface area contributed by atoms with Crippen LogP contribution in [0.5, 0.6) is 0 Å². The molecule has 9 aromatic rings. The molecule has 3 aromatic heterocycles. The molecular weight excluding hydrogens is 909 g/mol. The zero-order chi connectivity index (χ0) is 37.1. The normalized spacial score (nSPS) is 11.1. The van der Waals surface area contributed by atoms with Crippen LogP contribution in [0.3, 0.4) is 0 Å². The molecule has 0 saturated heterocycles. The second-order valence-corrected chi connectivity index (χ2v) is 25.1. The number of hydrogen-bond acceptors (Lipinski definition) is 3. The predicted octanol–water partition coefficient (Wildman–Crippen LogP) is 12.8. The minimum absolute atomic E-state index is 0. The molecule has 0 N–H and O–H groups in total. The number of furan rings is 1. The molecule has 0 spiro atoms. The first-order chi connectivity index (χ1) is 26.3. The first-order valence-corrected chi connectivity index (χ1v) is 25.6. The maximum absolute atomic E-state index is 6.37. The third-order valence-corrected chi connectivity index (χ3v) is 14.3. The Balaban J connectivity index is 0.000000174. The molecule has 3 heterocycles. The van der Waals surface area contributed by atoms with E-state index in [0.29, 0.717) is 0 Å². The van der Waals surface area contributed by atoms with Gasteiger partial charge in [-0.1, -0.05) is 89.8 Å². The van der Waals surface area contributed by atoms with Gasteiger partial charge in [0.2, 0.25) is 0 Å². The van der Waals surface area contributed by atoms with E-state index in [2.05, 4.69) is 157 Å². The minimum Gasteiger partial charge on any atom is -0.501 e. The Morgan fingerprint density at radius 1 is 0.527 bits per heavy atom. The Morgan fingerprint density at radius 3 is 1.75 bits per heavy atom. The summed E-state index contributed by atoms with van der Waals surface area (Å²) in [6, 6.07) is 60.9. The monoisotopic (exact) mass is 951 g/mol. The van der Waals surface area contributed by atoms with Crippen molar-refractivity contribution in [3.63, 3.8) is 0 Å². The smallest absolute Gasteiger partial charge is 0.121 e. The van der Waals surface area contributed by atoms with Crippen molar-refractivity contribution in [2.24, 2.45) is 0 Å². The summed E-state index contributed by atoms with van der Waals surface area (Å²) in [4.78, 5) is 9.36. The molecule has 0 aliphatic carbocycles. The zero-order valence-electron chi connectivity index (χ0n) is 31.3. The fourth-order valence-electron chi connectivity index (χ4n) is 7.03. The topological polar surface area (TPSA) is 38.9 Å². The fourth-order valence-corrected chi connectivity index (χ4v) is 10.6. The molecule has 6 aromatic carbocycles. The quantitative estimate of drug-likeness (QED) is 0.123. The molecule has 0 unspecified atom stereocenters. The maximum atomic E-state index is 6.37. The van der Waals surface area contributed by atoms with Crippen molar-refractivity contribution < 1.29 is 24.5 Å². The van der Waals surface area contributed by atoms with E-state index in [4.69, 9.17) is 9.40 Å². The van der Waals surface area contributed by atoms with Crippen molar-refractivity contribution in [3.8, 4) is 55.9 Å². The Kier molecular flexibility index (Phi) is 11.4. The molecule has 9 rings (SSSR count). The third-order valence-electron chi connectivity index (χ3n) is 9.77. The van der Waals surface area contributed by atoms with Crippen molar-refractivity contribution in [1.29, 1.82) is 0 Å². The average molecular weight is 950 g/mol. The van der Waals surface area contributed by atoms with Crippen LogP contribution in [-0.2, 0) is 20.1 Å². The summed E-state index contributed by atoms with van der Waals surface area (Å²) < 4.78 is 7.85. The van der Waals surface area contributed by atoms with E-state index in [0.717, 1.165) is 61.1 Å². The van der Waals surface area contributed by atoms with Gasteiger partial charge in [0, 0.05) is 31.7 Å². The van der Waals surface area contributed by atoms with E-state index in [1.54, 1.807) is 0 Å². The summed E-state index contributed by atoms with van der Waals surface area (Å²) in [6.07, 6.45) is 3.94. The average Bonchev–Trinajstić information content (AvgIpc) is 3.60. The number of pyridine rings is 2. The van der Waals surface area contributed by atoms with E-state index >= 15 is 0 Å². The van der Waals surface area contributed by atoms with Crippen molar-refractivity contribution in [3.05, 3.63) is 188 Å². The summed E-state index contributed by atoms with van der Waals surface area (Å²) in [5.41, 5.74) is 13.9. The number of nitrogens with zero attached hydrogens (tertiary/aromatic N) is 2. The second kappa shape index (κ2) is 16.5. The van der Waals surface area contributed by atoms with E-state index in [-0.39, 0.29) is 20.1 Å². The van der Waals surface area contributed by atoms with Gasteiger partial charge in [-0.2, -0.15) is 0 Å². The maximum Gasteiger partial charge on any atom is 0.121 e. The molecule has 0 atom stereocenters. The predicted molar refractivity (Wildman–Crippen MR) is 228 cm³/mol. The molecule has 0 bridgehead atoms. The molecular formula is C50H40GeIrN2O-2. The van der Waals surface area contributed by atoms with Crippen LogP contribution in [0.2, 0.25) is 17.3 Å². The zero-order valence-corrected chi connectivity index (χ0v) is 35.8. The number of hydrogen-bond donors (Lipinski definition) is 0. The van der Waals surface area contributed by atoms with Crippen molar-refractivity contribution in [2.45, 2.75) is 24.2 Å². The number of benzene rings is 6. The molecule has 5 heteroatoms. The first-order valence-electron chi connectivity index (χ1n) is 18.3. The minimum atomic E-state index is -1.85. The Morgan fingerprint density at radius 2 is 1.13 bits per heavy atom. The Labute approximate surface area is 339 Å². The fraction of sp³-hybridized carbons (Fsp3) is 0.0800. The van der Waals surface area contributed by atoms with Crippen LogP contribution in [0.4, 0.5) is 0 Å². The van der Waals surface area contributed by atoms with Crippen molar-refractivity contribution in [1.82, 2.24) is 9.97 Å². The Hall–Kier alpha value is -5.39. The SMILES string of the molecule is Cc1cc(-c2[c-]ccc(-c3ccccc3)c2)nc[c]1[Ge]([CH3])([CH3])[CH3].[Ir].[c-]1ccc2c(oc3cc(-c4ccccc4)ccc32)c1-c1cc(-c2ccccc2)ccn1. The summed E-state index contributed by atoms with van der Waals surface area (Å²) in [7, 11) is 0. The second-order valence-electron chi connectivity index (χ2n) is 14.6. The molecule has 3 nitrogen and oxygen atoms in total. The largest absolute Gasteiger partial charge is 0.501 e. The molecule has 55 heavy (non-hydrogen) atoms. The van der Waals surface area contributed by atoms with Crippen LogP contribution in [0.1, 0.15) is 5.56 Å². The number of fused-ring (bicyclic) bond motifs is 3. The van der Waals surface area contributed by atoms with E-state index in [1.165, 1.54) is 26.6 Å². The number of aryl methyl sites for hydroxylation is 1. The van der Waals surface area contributed by atoms with Gasteiger partial charge in [0.1, 0.15) is 5.58 Å². The summed E-state index contributed by atoms with van der Waals surface area (Å²) in [5, 5.41) is 2.18. The molecule has 0 fully saturated rings. The van der Waals surface area contributed by atoms with E-state index in [1.807, 2.05) is 54.7 Å². The van der Waals surface area contributed by atoms with Crippen LogP contribution in [0.25, 0.3) is 77.8 Å². The van der Waals surface area contributed by atoms with Gasteiger partial charge in [-0.15, -0.1) is 18.2 Å². The van der Waals surface area contributed by atoms with Gasteiger partial charge >= 0.3 is 142 Å². The van der Waals surface area contributed by atoms with Gasteiger partial charge in [0.15, 0.2) is 0 Å². The Bertz CT molecular complexity index is 2700. The van der Waals surface area contributed by atoms with Crippen LogP contribution in [0.15, 0.2) is 175 Å². The summed E-state index contributed by atoms with van der Waals surface area (Å²) >= 11 is -1.85. The molecule has 1 radical (unpaired) electrons. The summed E-state index contributed by atoms with van der Waals surface area (Å²) in [6.45, 7) is 2.21. The van der Waals surface area contributed by atoms with Gasteiger partial charge in [-0.05, 0) is 40.1 Å². The van der Waals surface area contributed by atoms with Crippen LogP contribution < -0.4 is 4.40 Å². The van der Waals surface area contributed by atoms with Gasteiger partial charge in [0.25, 0.3) is 0 Å². The van der Waals surface area contributed by atoms with Crippen molar-refractivity contribution in [2.75, 3.05) is 0 Å². The summed E-state index contributed by atoms with van der Waals surface area (Å²) in [5.74, 6) is 7.23. The van der Waals surface area contributed by atoms with Crippen LogP contribution in [0, 0.1) is 19.1 Å². The molecule has 0 saturated carbocycles. The van der Waals surface area contributed by atoms with Gasteiger partial charge in [-0.3, -0.25) is 0 Å². The van der Waals surface area contributed by atoms with E-state index in [9.17, 15) is 0 Å². The van der Waals surface area contributed by atoms with Gasteiger partial charge < -0.3 is 9.40 Å². The van der Waals surface area contributed by atoms with Gasteiger partial charge in [-0.25, -0.2) is 0 Å². The molecule has 0 aliphatic heterocycles.